The fourth-order valence-electron chi connectivity index (χ4n) is 5.67. The van der Waals surface area contributed by atoms with Crippen LogP contribution in [0.15, 0.2) is 97.2 Å². The van der Waals surface area contributed by atoms with Crippen molar-refractivity contribution in [2.75, 3.05) is 32.8 Å². The lowest BCUT2D eigenvalue weighted by molar-refractivity contribution is -0.126. The van der Waals surface area contributed by atoms with E-state index in [2.05, 4.69) is 16.8 Å². The number of nitrogens with zero attached hydrogens (tertiary/aromatic N) is 3. The largest absolute Gasteiger partial charge is 0.369 e. The van der Waals surface area contributed by atoms with E-state index in [0.717, 1.165) is 24.0 Å². The molecule has 1 atom stereocenters. The molecular formula is C35H30FN3O3. The van der Waals surface area contributed by atoms with Gasteiger partial charge in [0.05, 0.1) is 31.0 Å². The van der Waals surface area contributed by atoms with Crippen LogP contribution in [-0.4, -0.2) is 65.0 Å². The maximum atomic E-state index is 13.8. The number of hydrogen-bond donors (Lipinski definition) is 0. The molecule has 2 saturated heterocycles. The zero-order chi connectivity index (χ0) is 28.9. The number of amides is 2. The third-order valence-corrected chi connectivity index (χ3v) is 7.77. The van der Waals surface area contributed by atoms with E-state index in [-0.39, 0.29) is 17.6 Å². The van der Waals surface area contributed by atoms with Crippen molar-refractivity contribution in [2.24, 2.45) is 0 Å². The lowest BCUT2D eigenvalue weighted by Crippen LogP contribution is -2.61. The summed E-state index contributed by atoms with van der Waals surface area (Å²) in [5.74, 6) is 5.73. The second-order valence-corrected chi connectivity index (χ2v) is 10.7. The molecule has 2 amide bonds. The van der Waals surface area contributed by atoms with Crippen LogP contribution in [0.5, 0.6) is 0 Å². The van der Waals surface area contributed by atoms with E-state index in [1.54, 1.807) is 35.4 Å². The van der Waals surface area contributed by atoms with Gasteiger partial charge in [0, 0.05) is 41.5 Å². The number of morpholine rings is 1. The highest BCUT2D eigenvalue weighted by Gasteiger charge is 2.43. The van der Waals surface area contributed by atoms with E-state index in [4.69, 9.17) is 4.74 Å². The third kappa shape index (κ3) is 5.95. The number of piperidine rings is 1. The van der Waals surface area contributed by atoms with Crippen LogP contribution in [0.2, 0.25) is 0 Å². The van der Waals surface area contributed by atoms with E-state index in [0.29, 0.717) is 55.2 Å². The van der Waals surface area contributed by atoms with E-state index in [1.807, 2.05) is 59.5 Å². The quantitative estimate of drug-likeness (QED) is 0.314. The molecule has 1 unspecified atom stereocenters. The van der Waals surface area contributed by atoms with E-state index in [9.17, 15) is 14.0 Å². The van der Waals surface area contributed by atoms with Crippen LogP contribution in [0.1, 0.15) is 44.7 Å². The third-order valence-electron chi connectivity index (χ3n) is 7.77. The van der Waals surface area contributed by atoms with Gasteiger partial charge in [-0.05, 0) is 85.6 Å². The molecule has 1 spiro atoms. The summed E-state index contributed by atoms with van der Waals surface area (Å²) in [7, 11) is 0. The average molecular weight is 560 g/mol. The Balaban J connectivity index is 1.15. The fourth-order valence-corrected chi connectivity index (χ4v) is 5.67. The number of pyridine rings is 1. The maximum Gasteiger partial charge on any atom is 0.256 e. The fraction of sp³-hybridized carbons (Fsp3) is 0.229. The van der Waals surface area contributed by atoms with Crippen molar-refractivity contribution in [2.45, 2.75) is 18.4 Å². The minimum absolute atomic E-state index is 0.0606. The Morgan fingerprint density at radius 3 is 2.21 bits per heavy atom. The van der Waals surface area contributed by atoms with Crippen LogP contribution in [0.25, 0.3) is 11.3 Å². The van der Waals surface area contributed by atoms with Crippen molar-refractivity contribution < 1.29 is 18.7 Å². The summed E-state index contributed by atoms with van der Waals surface area (Å²) in [5, 5.41) is 0. The molecule has 2 fully saturated rings. The van der Waals surface area contributed by atoms with Crippen LogP contribution >= 0.6 is 0 Å². The Labute approximate surface area is 244 Å². The Hall–Kier alpha value is -4.80. The Kier molecular flexibility index (Phi) is 7.81. The number of aromatic nitrogens is 1. The highest BCUT2D eigenvalue weighted by molar-refractivity contribution is 6.00. The number of carbonyl (C=O) groups is 2. The number of rotatable bonds is 3. The lowest BCUT2D eigenvalue weighted by atomic mass is 9.90. The zero-order valence-electron chi connectivity index (χ0n) is 23.1. The van der Waals surface area contributed by atoms with Crippen molar-refractivity contribution >= 4 is 11.8 Å². The molecule has 6 nitrogen and oxygen atoms in total. The Bertz CT molecular complexity index is 1640. The van der Waals surface area contributed by atoms with Gasteiger partial charge in [-0.3, -0.25) is 14.6 Å². The minimum Gasteiger partial charge on any atom is -0.369 e. The topological polar surface area (TPSA) is 62.7 Å². The van der Waals surface area contributed by atoms with Gasteiger partial charge < -0.3 is 14.5 Å². The summed E-state index contributed by atoms with van der Waals surface area (Å²) < 4.78 is 19.8. The first kappa shape index (κ1) is 27.4. The first-order chi connectivity index (χ1) is 20.5. The molecule has 3 aromatic carbocycles. The van der Waals surface area contributed by atoms with Crippen molar-refractivity contribution in [3.63, 3.8) is 0 Å². The standard InChI is InChI=1S/C35H30FN3O3/c36-30-17-15-28(16-18-30)32-31(8-4-20-37-32)34(41)39-22-23-42-35(25-39)19-5-21-38(24-35)33(40)29-13-11-27(12-14-29)10-9-26-6-2-1-3-7-26/h1-4,6-8,11-18,20H,5,19,21-25H2. The predicted molar refractivity (Wildman–Crippen MR) is 158 cm³/mol. The first-order valence-corrected chi connectivity index (χ1v) is 14.1. The molecule has 7 heteroatoms. The summed E-state index contributed by atoms with van der Waals surface area (Å²) in [6, 6.07) is 26.6. The van der Waals surface area contributed by atoms with Gasteiger partial charge in [-0.2, -0.15) is 0 Å². The number of carbonyl (C=O) groups excluding carboxylic acids is 2. The molecule has 0 bridgehead atoms. The van der Waals surface area contributed by atoms with Gasteiger partial charge in [0.15, 0.2) is 0 Å². The van der Waals surface area contributed by atoms with Gasteiger partial charge in [-0.1, -0.05) is 30.0 Å². The molecule has 0 aliphatic carbocycles. The number of ether oxygens (including phenoxy) is 1. The van der Waals surface area contributed by atoms with Crippen LogP contribution in [0, 0.1) is 17.7 Å². The van der Waals surface area contributed by atoms with Gasteiger partial charge in [-0.25, -0.2) is 4.39 Å². The summed E-state index contributed by atoms with van der Waals surface area (Å²) >= 11 is 0. The van der Waals surface area contributed by atoms with Gasteiger partial charge in [0.1, 0.15) is 11.4 Å². The van der Waals surface area contributed by atoms with Crippen molar-refractivity contribution in [1.82, 2.24) is 14.8 Å². The summed E-state index contributed by atoms with van der Waals surface area (Å²) in [6.45, 7) is 2.24. The van der Waals surface area contributed by atoms with E-state index < -0.39 is 5.60 Å². The molecule has 6 rings (SSSR count). The molecule has 2 aliphatic heterocycles. The molecule has 1 aromatic heterocycles. The van der Waals surface area contributed by atoms with Gasteiger partial charge in [0.25, 0.3) is 11.8 Å². The summed E-state index contributed by atoms with van der Waals surface area (Å²) in [4.78, 5) is 35.3. The lowest BCUT2D eigenvalue weighted by Gasteiger charge is -2.48. The molecular weight excluding hydrogens is 529 g/mol. The van der Waals surface area contributed by atoms with Gasteiger partial charge in [0.2, 0.25) is 0 Å². The Morgan fingerprint density at radius 2 is 1.48 bits per heavy atom. The Morgan fingerprint density at radius 1 is 0.786 bits per heavy atom. The molecule has 210 valence electrons. The van der Waals surface area contributed by atoms with E-state index in [1.165, 1.54) is 12.1 Å². The number of benzene rings is 3. The predicted octanol–water partition coefficient (Wildman–Crippen LogP) is 5.43. The van der Waals surface area contributed by atoms with Crippen LogP contribution in [-0.2, 0) is 4.74 Å². The van der Waals surface area contributed by atoms with Gasteiger partial charge in [-0.15, -0.1) is 0 Å². The van der Waals surface area contributed by atoms with Crippen molar-refractivity contribution in [3.8, 4) is 23.1 Å². The molecule has 3 heterocycles. The average Bonchev–Trinajstić information content (AvgIpc) is 3.04. The van der Waals surface area contributed by atoms with Crippen molar-refractivity contribution in [1.29, 1.82) is 0 Å². The molecule has 0 N–H and O–H groups in total. The second-order valence-electron chi connectivity index (χ2n) is 10.7. The number of hydrogen-bond acceptors (Lipinski definition) is 4. The SMILES string of the molecule is O=C(c1ccc(C#Cc2ccccc2)cc1)N1CCCC2(C1)CN(C(=O)c1cccnc1-c1ccc(F)cc1)CCO2. The zero-order valence-corrected chi connectivity index (χ0v) is 23.1. The molecule has 2 aliphatic rings. The molecule has 0 saturated carbocycles. The smallest absolute Gasteiger partial charge is 0.256 e. The molecule has 42 heavy (non-hydrogen) atoms. The van der Waals surface area contributed by atoms with Crippen molar-refractivity contribution in [3.05, 3.63) is 125 Å². The van der Waals surface area contributed by atoms with Gasteiger partial charge >= 0.3 is 0 Å². The van der Waals surface area contributed by atoms with Crippen LogP contribution in [0.3, 0.4) is 0 Å². The van der Waals surface area contributed by atoms with E-state index >= 15 is 0 Å². The highest BCUT2D eigenvalue weighted by atomic mass is 19.1. The van der Waals surface area contributed by atoms with Crippen LogP contribution < -0.4 is 0 Å². The minimum atomic E-state index is -0.638. The monoisotopic (exact) mass is 559 g/mol. The maximum absolute atomic E-state index is 13.8. The number of halogens is 1. The number of likely N-dealkylation sites (tertiary alicyclic amines) is 1. The first-order valence-electron chi connectivity index (χ1n) is 14.1. The normalized spacial score (nSPS) is 18.3. The summed E-state index contributed by atoms with van der Waals surface area (Å²) in [5.41, 5.74) is 3.38. The summed E-state index contributed by atoms with van der Waals surface area (Å²) in [6.07, 6.45) is 3.16. The van der Waals surface area contributed by atoms with Crippen LogP contribution in [0.4, 0.5) is 4.39 Å². The highest BCUT2D eigenvalue weighted by Crippen LogP contribution is 2.31. The molecule has 4 aromatic rings. The molecule has 0 radical (unpaired) electrons. The second kappa shape index (κ2) is 12.0.